The molecule has 0 saturated carbocycles. The van der Waals surface area contributed by atoms with Crippen LogP contribution < -0.4 is 10.6 Å². The van der Waals surface area contributed by atoms with Gasteiger partial charge in [-0.05, 0) is 37.8 Å². The molecule has 0 aromatic heterocycles. The van der Waals surface area contributed by atoms with Gasteiger partial charge in [0, 0.05) is 22.7 Å². The van der Waals surface area contributed by atoms with Crippen molar-refractivity contribution in [2.75, 3.05) is 6.61 Å². The minimum Gasteiger partial charge on any atom is -0.394 e. The summed E-state index contributed by atoms with van der Waals surface area (Å²) in [6.07, 6.45) is 1.03. The third kappa shape index (κ3) is 4.77. The summed E-state index contributed by atoms with van der Waals surface area (Å²) in [6.45, 7) is 3.90. The number of nitrogens with one attached hydrogen (secondary N) is 2. The molecule has 2 aromatic carbocycles. The van der Waals surface area contributed by atoms with Crippen molar-refractivity contribution in [3.05, 3.63) is 71.8 Å². The molecule has 3 aliphatic heterocycles. The predicted octanol–water partition coefficient (Wildman–Crippen LogP) is 2.90. The van der Waals surface area contributed by atoms with Gasteiger partial charge in [-0.25, -0.2) is 0 Å². The molecule has 2 bridgehead atoms. The largest absolute Gasteiger partial charge is 0.394 e. The monoisotopic (exact) mass is 599 g/mol. The number of carbonyl (C=O) groups excluding carboxylic acids is 3. The SMILES string of the molecule is CC(C)NC(=O)C1N([C@@H](CO)Cc2ccccc2)C(=O)[C@@H]2[C@H](C(=O)NCc3ccccc3)[C@H]3SC12CC3Br. The number of amides is 3. The number of likely N-dealkylation sites (tertiary alicyclic amines) is 1. The lowest BCUT2D eigenvalue weighted by Crippen LogP contribution is -2.58. The molecule has 202 valence electrons. The second-order valence-electron chi connectivity index (χ2n) is 10.8. The van der Waals surface area contributed by atoms with E-state index in [9.17, 15) is 19.5 Å². The molecule has 1 spiro atoms. The maximum atomic E-state index is 14.3. The number of aliphatic hydroxyl groups is 1. The van der Waals surface area contributed by atoms with Gasteiger partial charge in [0.05, 0.1) is 29.2 Å². The second kappa shape index (κ2) is 11.0. The fraction of sp³-hybridized carbons (Fsp3) is 0.483. The fourth-order valence-electron chi connectivity index (χ4n) is 6.46. The zero-order valence-corrected chi connectivity index (χ0v) is 24.0. The molecule has 5 rings (SSSR count). The van der Waals surface area contributed by atoms with Crippen LogP contribution in [0.25, 0.3) is 0 Å². The van der Waals surface area contributed by atoms with Crippen LogP contribution in [-0.2, 0) is 27.3 Å². The highest BCUT2D eigenvalue weighted by Crippen LogP contribution is 2.68. The standard InChI is InChI=1S/C29H34BrN3O4S/c1-17(2)32-27(36)25-29-14-21(30)24(38-29)22(26(35)31-15-19-11-7-4-8-12-19)23(29)28(37)33(25)20(16-34)13-18-9-5-3-6-10-18/h3-12,17,20-25,34H,13-16H2,1-2H3,(H,31,35)(H,32,36)/t20-,21?,22+,23+,24+,25?,29?/m1/s1. The normalized spacial score (nSPS) is 30.4. The van der Waals surface area contributed by atoms with Gasteiger partial charge in [0.1, 0.15) is 6.04 Å². The van der Waals surface area contributed by atoms with Crippen molar-refractivity contribution in [3.63, 3.8) is 0 Å². The summed E-state index contributed by atoms with van der Waals surface area (Å²) >= 11 is 5.40. The number of fused-ring (bicyclic) bond motifs is 1. The van der Waals surface area contributed by atoms with E-state index in [2.05, 4.69) is 26.6 Å². The molecule has 0 aliphatic carbocycles. The number of rotatable bonds is 9. The summed E-state index contributed by atoms with van der Waals surface area (Å²) in [6, 6.07) is 17.9. The maximum Gasteiger partial charge on any atom is 0.244 e. The zero-order chi connectivity index (χ0) is 27.0. The van der Waals surface area contributed by atoms with Gasteiger partial charge in [-0.2, -0.15) is 0 Å². The first-order chi connectivity index (χ1) is 18.3. The number of carbonyl (C=O) groups is 3. The van der Waals surface area contributed by atoms with E-state index in [0.717, 1.165) is 11.1 Å². The number of nitrogens with zero attached hydrogens (tertiary/aromatic N) is 1. The molecule has 3 amide bonds. The average molecular weight is 601 g/mol. The van der Waals surface area contributed by atoms with E-state index in [4.69, 9.17) is 0 Å². The van der Waals surface area contributed by atoms with Crippen LogP contribution in [0.2, 0.25) is 0 Å². The third-order valence-corrected chi connectivity index (χ3v) is 11.2. The minimum absolute atomic E-state index is 0.0000233. The van der Waals surface area contributed by atoms with E-state index in [0.29, 0.717) is 19.4 Å². The van der Waals surface area contributed by atoms with Crippen LogP contribution in [0, 0.1) is 11.8 Å². The van der Waals surface area contributed by atoms with E-state index >= 15 is 0 Å². The predicted molar refractivity (Wildman–Crippen MR) is 152 cm³/mol. The highest BCUT2D eigenvalue weighted by molar-refractivity contribution is 9.09. The summed E-state index contributed by atoms with van der Waals surface area (Å²) in [7, 11) is 0. The Balaban J connectivity index is 1.49. The number of halogens is 1. The zero-order valence-electron chi connectivity index (χ0n) is 21.5. The van der Waals surface area contributed by atoms with Crippen molar-refractivity contribution in [3.8, 4) is 0 Å². The smallest absolute Gasteiger partial charge is 0.244 e. The molecule has 3 fully saturated rings. The molecule has 0 radical (unpaired) electrons. The molecular formula is C29H34BrN3O4S. The summed E-state index contributed by atoms with van der Waals surface area (Å²) in [5, 5.41) is 16.5. The van der Waals surface area contributed by atoms with Crippen molar-refractivity contribution >= 4 is 45.4 Å². The van der Waals surface area contributed by atoms with Crippen molar-refractivity contribution in [1.29, 1.82) is 0 Å². The first kappa shape index (κ1) is 27.2. The Bertz CT molecular complexity index is 1180. The maximum absolute atomic E-state index is 14.3. The molecule has 9 heteroatoms. The van der Waals surface area contributed by atoms with Crippen LogP contribution in [0.15, 0.2) is 60.7 Å². The highest BCUT2D eigenvalue weighted by Gasteiger charge is 2.76. The lowest BCUT2D eigenvalue weighted by atomic mass is 9.70. The third-order valence-electron chi connectivity index (χ3n) is 7.94. The topological polar surface area (TPSA) is 98.7 Å². The van der Waals surface area contributed by atoms with Gasteiger partial charge >= 0.3 is 0 Å². The van der Waals surface area contributed by atoms with Crippen LogP contribution in [0.1, 0.15) is 31.4 Å². The van der Waals surface area contributed by atoms with Crippen LogP contribution in [-0.4, -0.2) is 67.3 Å². The van der Waals surface area contributed by atoms with Crippen molar-refractivity contribution < 1.29 is 19.5 Å². The molecule has 3 saturated heterocycles. The van der Waals surface area contributed by atoms with Crippen LogP contribution in [0.4, 0.5) is 0 Å². The van der Waals surface area contributed by atoms with Gasteiger partial charge in [-0.15, -0.1) is 11.8 Å². The number of hydrogen-bond donors (Lipinski definition) is 3. The summed E-state index contributed by atoms with van der Waals surface area (Å²) in [5.41, 5.74) is 1.96. The Hall–Kier alpha value is -2.36. The number of hydrogen-bond acceptors (Lipinski definition) is 5. The molecule has 2 aromatic rings. The second-order valence-corrected chi connectivity index (χ2v) is 13.5. The molecule has 7 atom stereocenters. The van der Waals surface area contributed by atoms with Gasteiger partial charge in [0.25, 0.3) is 0 Å². The quantitative estimate of drug-likeness (QED) is 0.385. The van der Waals surface area contributed by atoms with Crippen LogP contribution in [0.5, 0.6) is 0 Å². The lowest BCUT2D eigenvalue weighted by Gasteiger charge is -2.37. The van der Waals surface area contributed by atoms with Crippen molar-refractivity contribution in [1.82, 2.24) is 15.5 Å². The number of alkyl halides is 1. The number of benzene rings is 2. The van der Waals surface area contributed by atoms with Gasteiger partial charge in [0.2, 0.25) is 17.7 Å². The van der Waals surface area contributed by atoms with Crippen molar-refractivity contribution in [2.24, 2.45) is 11.8 Å². The summed E-state index contributed by atoms with van der Waals surface area (Å²) in [4.78, 5) is 43.3. The Kier molecular flexibility index (Phi) is 7.89. The summed E-state index contributed by atoms with van der Waals surface area (Å²) in [5.74, 6) is -1.79. The van der Waals surface area contributed by atoms with Gasteiger partial charge < -0.3 is 20.6 Å². The molecule has 3 aliphatic rings. The van der Waals surface area contributed by atoms with Crippen molar-refractivity contribution in [2.45, 2.75) is 66.2 Å². The lowest BCUT2D eigenvalue weighted by molar-refractivity contribution is -0.142. The average Bonchev–Trinajstić information content (AvgIpc) is 3.50. The summed E-state index contributed by atoms with van der Waals surface area (Å²) < 4.78 is -0.742. The Morgan fingerprint density at radius 1 is 1.08 bits per heavy atom. The van der Waals surface area contributed by atoms with E-state index in [1.54, 1.807) is 16.7 Å². The van der Waals surface area contributed by atoms with Gasteiger partial charge in [-0.3, -0.25) is 14.4 Å². The van der Waals surface area contributed by atoms with E-state index in [1.807, 2.05) is 74.5 Å². The highest BCUT2D eigenvalue weighted by atomic mass is 79.9. The Morgan fingerprint density at radius 2 is 1.71 bits per heavy atom. The fourth-order valence-corrected chi connectivity index (χ4v) is 10.1. The number of aliphatic hydroxyl groups excluding tert-OH is 1. The molecule has 3 heterocycles. The number of thioether (sulfide) groups is 1. The van der Waals surface area contributed by atoms with E-state index in [-0.39, 0.29) is 40.4 Å². The molecular weight excluding hydrogens is 566 g/mol. The molecule has 7 nitrogen and oxygen atoms in total. The van der Waals surface area contributed by atoms with E-state index < -0.39 is 28.7 Å². The first-order valence-corrected chi connectivity index (χ1v) is 15.0. The molecule has 38 heavy (non-hydrogen) atoms. The molecule has 3 unspecified atom stereocenters. The van der Waals surface area contributed by atoms with E-state index in [1.165, 1.54) is 0 Å². The Labute approximate surface area is 236 Å². The van der Waals surface area contributed by atoms with Crippen LogP contribution >= 0.6 is 27.7 Å². The first-order valence-electron chi connectivity index (χ1n) is 13.2. The molecule has 3 N–H and O–H groups in total. The minimum atomic E-state index is -0.773. The Morgan fingerprint density at radius 3 is 2.32 bits per heavy atom. The van der Waals surface area contributed by atoms with Gasteiger partial charge in [-0.1, -0.05) is 76.6 Å². The van der Waals surface area contributed by atoms with Gasteiger partial charge in [0.15, 0.2) is 0 Å². The van der Waals surface area contributed by atoms with Crippen LogP contribution in [0.3, 0.4) is 0 Å².